The Labute approximate surface area is 123 Å². The van der Waals surface area contributed by atoms with E-state index in [-0.39, 0.29) is 0 Å². The van der Waals surface area contributed by atoms with Gasteiger partial charge in [-0.2, -0.15) is 0 Å². The number of pyridine rings is 1. The van der Waals surface area contributed by atoms with Crippen molar-refractivity contribution < 1.29 is 0 Å². The fourth-order valence-corrected chi connectivity index (χ4v) is 2.23. The smallest absolute Gasteiger partial charge is 0.138 e. The van der Waals surface area contributed by atoms with Gasteiger partial charge in [-0.05, 0) is 26.0 Å². The zero-order valence-corrected chi connectivity index (χ0v) is 12.2. The number of aryl methyl sites for hydroxylation is 2. The molecule has 0 aliphatic carbocycles. The molecule has 0 unspecified atom stereocenters. The molecule has 0 aromatic carbocycles. The van der Waals surface area contributed by atoms with Crippen molar-refractivity contribution in [3.63, 3.8) is 0 Å². The molecule has 1 N–H and O–H groups in total. The zero-order valence-electron chi connectivity index (χ0n) is 12.2. The Morgan fingerprint density at radius 3 is 2.76 bits per heavy atom. The summed E-state index contributed by atoms with van der Waals surface area (Å²) in [5.74, 6) is 1.80. The molecule has 0 saturated carbocycles. The molecule has 0 saturated heterocycles. The average Bonchev–Trinajstić information content (AvgIpc) is 3.14. The van der Waals surface area contributed by atoms with Gasteiger partial charge in [-0.25, -0.2) is 15.0 Å². The first-order valence-corrected chi connectivity index (χ1v) is 6.97. The van der Waals surface area contributed by atoms with E-state index in [1.807, 2.05) is 48.5 Å². The van der Waals surface area contributed by atoms with E-state index in [0.717, 1.165) is 36.1 Å². The first-order chi connectivity index (χ1) is 10.3. The Hall–Kier alpha value is -2.63. The van der Waals surface area contributed by atoms with Gasteiger partial charge in [0.15, 0.2) is 0 Å². The molecule has 3 aromatic heterocycles. The van der Waals surface area contributed by atoms with E-state index in [0.29, 0.717) is 0 Å². The highest BCUT2D eigenvalue weighted by Gasteiger charge is 2.03. The summed E-state index contributed by atoms with van der Waals surface area (Å²) in [6.07, 6.45) is 9.24. The molecule has 6 heteroatoms. The number of nitrogens with zero attached hydrogens (tertiary/aromatic N) is 5. The third-order valence-electron chi connectivity index (χ3n) is 3.43. The minimum atomic E-state index is 0.735. The molecule has 6 nitrogen and oxygen atoms in total. The van der Waals surface area contributed by atoms with Crippen LogP contribution in [0.15, 0.2) is 43.2 Å². The summed E-state index contributed by atoms with van der Waals surface area (Å²) in [7, 11) is 0. The Morgan fingerprint density at radius 1 is 1.19 bits per heavy atom. The molecule has 0 radical (unpaired) electrons. The third-order valence-corrected chi connectivity index (χ3v) is 3.43. The maximum Gasteiger partial charge on any atom is 0.138 e. The molecule has 0 spiro atoms. The van der Waals surface area contributed by atoms with Gasteiger partial charge in [0.1, 0.15) is 11.6 Å². The van der Waals surface area contributed by atoms with E-state index in [9.17, 15) is 0 Å². The Morgan fingerprint density at radius 2 is 2.10 bits per heavy atom. The molecule has 3 aromatic rings. The summed E-state index contributed by atoms with van der Waals surface area (Å²) in [5, 5.41) is 3.36. The van der Waals surface area contributed by atoms with Crippen LogP contribution in [0.25, 0.3) is 5.82 Å². The van der Waals surface area contributed by atoms with Gasteiger partial charge in [-0.3, -0.25) is 4.57 Å². The van der Waals surface area contributed by atoms with E-state index < -0.39 is 0 Å². The van der Waals surface area contributed by atoms with Gasteiger partial charge in [-0.1, -0.05) is 0 Å². The van der Waals surface area contributed by atoms with Crippen molar-refractivity contribution in [3.8, 4) is 5.82 Å². The standard InChI is InChI=1S/C15H18N6/c1-3-20-11-16-9-14(20)10-18-13-4-5-15(19-8-13)21-7-6-17-12(21)2/h4-9,11,18H,3,10H2,1-2H3. The molecule has 0 atom stereocenters. The van der Waals surface area contributed by atoms with Crippen LogP contribution >= 0.6 is 0 Å². The van der Waals surface area contributed by atoms with Crippen LogP contribution in [0.5, 0.6) is 0 Å². The second kappa shape index (κ2) is 5.78. The highest BCUT2D eigenvalue weighted by atomic mass is 15.1. The van der Waals surface area contributed by atoms with Crippen LogP contribution in [0.3, 0.4) is 0 Å². The number of aromatic nitrogens is 5. The third kappa shape index (κ3) is 2.79. The van der Waals surface area contributed by atoms with Crippen LogP contribution in [0.1, 0.15) is 18.4 Å². The van der Waals surface area contributed by atoms with Crippen molar-refractivity contribution in [1.29, 1.82) is 0 Å². The second-order valence-corrected chi connectivity index (χ2v) is 4.77. The van der Waals surface area contributed by atoms with Gasteiger partial charge in [0.2, 0.25) is 0 Å². The Kier molecular flexibility index (Phi) is 3.68. The van der Waals surface area contributed by atoms with Crippen molar-refractivity contribution >= 4 is 5.69 Å². The first kappa shape index (κ1) is 13.4. The van der Waals surface area contributed by atoms with Gasteiger partial charge in [-0.15, -0.1) is 0 Å². The predicted octanol–water partition coefficient (Wildman–Crippen LogP) is 2.40. The predicted molar refractivity (Wildman–Crippen MR) is 81.3 cm³/mol. The lowest BCUT2D eigenvalue weighted by Gasteiger charge is -2.09. The monoisotopic (exact) mass is 282 g/mol. The lowest BCUT2D eigenvalue weighted by Crippen LogP contribution is -2.06. The van der Waals surface area contributed by atoms with Crippen molar-refractivity contribution in [2.75, 3.05) is 5.32 Å². The molecule has 108 valence electrons. The van der Waals surface area contributed by atoms with Gasteiger partial charge >= 0.3 is 0 Å². The maximum absolute atomic E-state index is 4.46. The van der Waals surface area contributed by atoms with Crippen molar-refractivity contribution in [2.24, 2.45) is 0 Å². The molecular formula is C15H18N6. The van der Waals surface area contributed by atoms with E-state index in [1.54, 1.807) is 6.20 Å². The largest absolute Gasteiger partial charge is 0.378 e. The van der Waals surface area contributed by atoms with Crippen molar-refractivity contribution in [2.45, 2.75) is 26.9 Å². The minimum absolute atomic E-state index is 0.735. The SMILES string of the molecule is CCn1cncc1CNc1ccc(-n2ccnc2C)nc1. The summed E-state index contributed by atoms with van der Waals surface area (Å²) < 4.78 is 4.07. The van der Waals surface area contributed by atoms with Crippen LogP contribution in [-0.4, -0.2) is 24.1 Å². The molecule has 0 aliphatic heterocycles. The number of imidazole rings is 2. The lowest BCUT2D eigenvalue weighted by atomic mass is 10.3. The highest BCUT2D eigenvalue weighted by Crippen LogP contribution is 2.12. The molecule has 0 fully saturated rings. The van der Waals surface area contributed by atoms with Gasteiger partial charge in [0.25, 0.3) is 0 Å². The van der Waals surface area contributed by atoms with Gasteiger partial charge in [0.05, 0.1) is 30.5 Å². The molecule has 0 aliphatic rings. The number of anilines is 1. The number of nitrogens with one attached hydrogen (secondary N) is 1. The zero-order chi connectivity index (χ0) is 14.7. The van der Waals surface area contributed by atoms with Crippen LogP contribution in [0.4, 0.5) is 5.69 Å². The van der Waals surface area contributed by atoms with Crippen LogP contribution < -0.4 is 5.32 Å². The number of hydrogen-bond donors (Lipinski definition) is 1. The Balaban J connectivity index is 1.69. The fraction of sp³-hybridized carbons (Fsp3) is 0.267. The Bertz CT molecular complexity index is 710. The first-order valence-electron chi connectivity index (χ1n) is 6.97. The summed E-state index contributed by atoms with van der Waals surface area (Å²) >= 11 is 0. The molecular weight excluding hydrogens is 264 g/mol. The molecule has 0 bridgehead atoms. The molecule has 0 amide bonds. The van der Waals surface area contributed by atoms with Crippen molar-refractivity contribution in [1.82, 2.24) is 24.1 Å². The van der Waals surface area contributed by atoms with E-state index in [4.69, 9.17) is 0 Å². The van der Waals surface area contributed by atoms with E-state index in [2.05, 4.69) is 31.8 Å². The normalized spacial score (nSPS) is 10.8. The van der Waals surface area contributed by atoms with E-state index >= 15 is 0 Å². The molecule has 3 rings (SSSR count). The van der Waals surface area contributed by atoms with Crippen LogP contribution in [0.2, 0.25) is 0 Å². The number of rotatable bonds is 5. The van der Waals surface area contributed by atoms with Crippen molar-refractivity contribution in [3.05, 3.63) is 54.8 Å². The fourth-order valence-electron chi connectivity index (χ4n) is 2.23. The quantitative estimate of drug-likeness (QED) is 0.780. The maximum atomic E-state index is 4.46. The number of hydrogen-bond acceptors (Lipinski definition) is 4. The summed E-state index contributed by atoms with van der Waals surface area (Å²) in [4.78, 5) is 12.8. The summed E-state index contributed by atoms with van der Waals surface area (Å²) in [6.45, 7) is 5.72. The van der Waals surface area contributed by atoms with Crippen LogP contribution in [-0.2, 0) is 13.1 Å². The minimum Gasteiger partial charge on any atom is -0.378 e. The van der Waals surface area contributed by atoms with E-state index in [1.165, 1.54) is 0 Å². The summed E-state index contributed by atoms with van der Waals surface area (Å²) in [5.41, 5.74) is 2.15. The van der Waals surface area contributed by atoms with Gasteiger partial charge < -0.3 is 9.88 Å². The average molecular weight is 282 g/mol. The van der Waals surface area contributed by atoms with Crippen LogP contribution in [0, 0.1) is 6.92 Å². The second-order valence-electron chi connectivity index (χ2n) is 4.77. The lowest BCUT2D eigenvalue weighted by molar-refractivity contribution is 0.719. The summed E-state index contributed by atoms with van der Waals surface area (Å²) in [6, 6.07) is 4.00. The topological polar surface area (TPSA) is 60.6 Å². The van der Waals surface area contributed by atoms with Gasteiger partial charge in [0, 0.05) is 25.1 Å². The molecule has 3 heterocycles. The highest BCUT2D eigenvalue weighted by molar-refractivity contribution is 5.44. The molecule has 21 heavy (non-hydrogen) atoms.